The third-order valence-corrected chi connectivity index (χ3v) is 2.81. The molecule has 1 N–H and O–H groups in total. The number of ether oxygens (including phenoxy) is 1. The first-order valence-electron chi connectivity index (χ1n) is 5.47. The summed E-state index contributed by atoms with van der Waals surface area (Å²) in [6.45, 7) is 4.30. The molecule has 0 amide bonds. The average molecular weight is 194 g/mol. The standard InChI is InChI=1S/C11H18N2O/c1-8(2)11-10(7-12-13-11)14-9-5-3-4-6-9/h7-9H,3-6H2,1-2H3,(H,12,13). The normalized spacial score (nSPS) is 17.9. The van der Waals surface area contributed by atoms with Crippen molar-refractivity contribution in [3.8, 4) is 5.75 Å². The fraction of sp³-hybridized carbons (Fsp3) is 0.727. The van der Waals surface area contributed by atoms with Gasteiger partial charge in [0.1, 0.15) is 0 Å². The summed E-state index contributed by atoms with van der Waals surface area (Å²) in [6.07, 6.45) is 7.23. The van der Waals surface area contributed by atoms with Gasteiger partial charge >= 0.3 is 0 Å². The molecule has 14 heavy (non-hydrogen) atoms. The number of hydrogen-bond donors (Lipinski definition) is 1. The molecule has 1 fully saturated rings. The molecule has 1 aromatic rings. The molecule has 0 bridgehead atoms. The summed E-state index contributed by atoms with van der Waals surface area (Å²) in [5.74, 6) is 1.40. The number of H-pyrrole nitrogens is 1. The SMILES string of the molecule is CC(C)c1[nH]ncc1OC1CCCC1. The van der Waals surface area contributed by atoms with Crippen molar-refractivity contribution < 1.29 is 4.74 Å². The fourth-order valence-corrected chi connectivity index (χ4v) is 1.98. The van der Waals surface area contributed by atoms with Crippen molar-refractivity contribution in [1.82, 2.24) is 10.2 Å². The van der Waals surface area contributed by atoms with Crippen LogP contribution in [0.15, 0.2) is 6.20 Å². The van der Waals surface area contributed by atoms with E-state index in [0.717, 1.165) is 11.4 Å². The molecule has 1 heterocycles. The third kappa shape index (κ3) is 1.91. The first-order valence-corrected chi connectivity index (χ1v) is 5.47. The molecule has 0 radical (unpaired) electrons. The highest BCUT2D eigenvalue weighted by atomic mass is 16.5. The number of nitrogens with one attached hydrogen (secondary N) is 1. The average Bonchev–Trinajstić information content (AvgIpc) is 2.75. The largest absolute Gasteiger partial charge is 0.487 e. The first-order chi connectivity index (χ1) is 6.77. The van der Waals surface area contributed by atoms with Gasteiger partial charge in [0.25, 0.3) is 0 Å². The Kier molecular flexibility index (Phi) is 2.75. The van der Waals surface area contributed by atoms with Gasteiger partial charge in [0.05, 0.1) is 18.0 Å². The van der Waals surface area contributed by atoms with Crippen molar-refractivity contribution in [3.63, 3.8) is 0 Å². The van der Waals surface area contributed by atoms with Crippen LogP contribution in [0.4, 0.5) is 0 Å². The molecule has 2 rings (SSSR count). The Morgan fingerprint density at radius 3 is 2.79 bits per heavy atom. The molecule has 0 unspecified atom stereocenters. The van der Waals surface area contributed by atoms with Crippen LogP contribution in [-0.2, 0) is 0 Å². The third-order valence-electron chi connectivity index (χ3n) is 2.81. The van der Waals surface area contributed by atoms with Crippen LogP contribution in [0.1, 0.15) is 51.1 Å². The second-order valence-electron chi connectivity index (χ2n) is 4.33. The van der Waals surface area contributed by atoms with E-state index in [1.807, 2.05) is 0 Å². The van der Waals surface area contributed by atoms with E-state index >= 15 is 0 Å². The Bertz CT molecular complexity index is 287. The molecule has 1 aromatic heterocycles. The molecule has 0 aromatic carbocycles. The summed E-state index contributed by atoms with van der Waals surface area (Å²) in [5.41, 5.74) is 1.12. The highest BCUT2D eigenvalue weighted by molar-refractivity contribution is 5.26. The Balaban J connectivity index is 2.04. The lowest BCUT2D eigenvalue weighted by atomic mass is 10.1. The van der Waals surface area contributed by atoms with E-state index in [1.54, 1.807) is 6.20 Å². The Labute approximate surface area is 84.9 Å². The molecule has 1 aliphatic carbocycles. The summed E-state index contributed by atoms with van der Waals surface area (Å²) >= 11 is 0. The van der Waals surface area contributed by atoms with Crippen LogP contribution >= 0.6 is 0 Å². The van der Waals surface area contributed by atoms with Gasteiger partial charge in [0.2, 0.25) is 0 Å². The zero-order valence-electron chi connectivity index (χ0n) is 8.92. The van der Waals surface area contributed by atoms with Gasteiger partial charge < -0.3 is 4.74 Å². The summed E-state index contributed by atoms with van der Waals surface area (Å²) in [4.78, 5) is 0. The van der Waals surface area contributed by atoms with Crippen molar-refractivity contribution in [2.45, 2.75) is 51.6 Å². The zero-order valence-corrected chi connectivity index (χ0v) is 8.92. The van der Waals surface area contributed by atoms with Crippen LogP contribution in [0.3, 0.4) is 0 Å². The maximum absolute atomic E-state index is 5.91. The van der Waals surface area contributed by atoms with E-state index in [0.29, 0.717) is 12.0 Å². The Hall–Kier alpha value is -0.990. The Morgan fingerprint density at radius 2 is 2.14 bits per heavy atom. The molecular weight excluding hydrogens is 176 g/mol. The number of aromatic nitrogens is 2. The smallest absolute Gasteiger partial charge is 0.160 e. The monoisotopic (exact) mass is 194 g/mol. The summed E-state index contributed by atoms with van der Waals surface area (Å²) in [6, 6.07) is 0. The minimum Gasteiger partial charge on any atom is -0.487 e. The molecule has 0 aliphatic heterocycles. The topological polar surface area (TPSA) is 37.9 Å². The van der Waals surface area contributed by atoms with E-state index in [9.17, 15) is 0 Å². The lowest BCUT2D eigenvalue weighted by Gasteiger charge is -2.13. The zero-order chi connectivity index (χ0) is 9.97. The number of hydrogen-bond acceptors (Lipinski definition) is 2. The van der Waals surface area contributed by atoms with E-state index < -0.39 is 0 Å². The van der Waals surface area contributed by atoms with Gasteiger partial charge in [0.15, 0.2) is 5.75 Å². The fourth-order valence-electron chi connectivity index (χ4n) is 1.98. The van der Waals surface area contributed by atoms with Crippen LogP contribution in [0.5, 0.6) is 5.75 Å². The maximum Gasteiger partial charge on any atom is 0.160 e. The van der Waals surface area contributed by atoms with E-state index in [1.165, 1.54) is 25.7 Å². The number of rotatable bonds is 3. The molecular formula is C11H18N2O. The van der Waals surface area contributed by atoms with Gasteiger partial charge in [0, 0.05) is 0 Å². The van der Waals surface area contributed by atoms with Gasteiger partial charge in [-0.25, -0.2) is 0 Å². The lowest BCUT2D eigenvalue weighted by Crippen LogP contribution is -2.11. The molecule has 3 heteroatoms. The summed E-state index contributed by atoms with van der Waals surface area (Å²) in [7, 11) is 0. The van der Waals surface area contributed by atoms with Crippen molar-refractivity contribution in [1.29, 1.82) is 0 Å². The van der Waals surface area contributed by atoms with Crippen molar-refractivity contribution in [2.24, 2.45) is 0 Å². The van der Waals surface area contributed by atoms with Crippen LogP contribution in [-0.4, -0.2) is 16.3 Å². The molecule has 78 valence electrons. The van der Waals surface area contributed by atoms with Crippen LogP contribution < -0.4 is 4.74 Å². The van der Waals surface area contributed by atoms with Crippen molar-refractivity contribution in [3.05, 3.63) is 11.9 Å². The van der Waals surface area contributed by atoms with Crippen molar-refractivity contribution >= 4 is 0 Å². The van der Waals surface area contributed by atoms with Gasteiger partial charge in [-0.3, -0.25) is 5.10 Å². The number of nitrogens with zero attached hydrogens (tertiary/aromatic N) is 1. The quantitative estimate of drug-likeness (QED) is 0.803. The summed E-state index contributed by atoms with van der Waals surface area (Å²) in [5, 5.41) is 7.04. The number of aromatic amines is 1. The summed E-state index contributed by atoms with van der Waals surface area (Å²) < 4.78 is 5.91. The van der Waals surface area contributed by atoms with E-state index in [4.69, 9.17) is 4.74 Å². The molecule has 0 spiro atoms. The lowest BCUT2D eigenvalue weighted by molar-refractivity contribution is 0.207. The molecule has 0 atom stereocenters. The van der Waals surface area contributed by atoms with Crippen molar-refractivity contribution in [2.75, 3.05) is 0 Å². The second-order valence-corrected chi connectivity index (χ2v) is 4.33. The van der Waals surface area contributed by atoms with Gasteiger partial charge in [-0.15, -0.1) is 0 Å². The highest BCUT2D eigenvalue weighted by Gasteiger charge is 2.19. The van der Waals surface area contributed by atoms with Gasteiger partial charge in [-0.05, 0) is 31.6 Å². The minimum atomic E-state index is 0.421. The van der Waals surface area contributed by atoms with Gasteiger partial charge in [-0.1, -0.05) is 13.8 Å². The molecule has 1 saturated carbocycles. The maximum atomic E-state index is 5.91. The second kappa shape index (κ2) is 4.03. The van der Waals surface area contributed by atoms with Crippen LogP contribution in [0, 0.1) is 0 Å². The first kappa shape index (κ1) is 9.56. The predicted octanol–water partition coefficient (Wildman–Crippen LogP) is 2.85. The van der Waals surface area contributed by atoms with E-state index in [-0.39, 0.29) is 0 Å². The minimum absolute atomic E-state index is 0.421. The predicted molar refractivity (Wildman–Crippen MR) is 55.6 cm³/mol. The molecule has 0 saturated heterocycles. The molecule has 3 nitrogen and oxygen atoms in total. The highest BCUT2D eigenvalue weighted by Crippen LogP contribution is 2.28. The van der Waals surface area contributed by atoms with Crippen LogP contribution in [0.2, 0.25) is 0 Å². The molecule has 1 aliphatic rings. The van der Waals surface area contributed by atoms with Crippen LogP contribution in [0.25, 0.3) is 0 Å². The van der Waals surface area contributed by atoms with Gasteiger partial charge in [-0.2, -0.15) is 5.10 Å². The van der Waals surface area contributed by atoms with E-state index in [2.05, 4.69) is 24.0 Å². The Morgan fingerprint density at radius 1 is 1.43 bits per heavy atom.